The van der Waals surface area contributed by atoms with Gasteiger partial charge in [0.1, 0.15) is 0 Å². The third-order valence-electron chi connectivity index (χ3n) is 1.54. The minimum Gasteiger partial charge on any atom is -0.469 e. The van der Waals surface area contributed by atoms with E-state index in [0.717, 1.165) is 12.8 Å². The summed E-state index contributed by atoms with van der Waals surface area (Å²) in [7, 11) is 1.43. The Morgan fingerprint density at radius 2 is 1.83 bits per heavy atom. The standard InChI is InChI=1S/C9H18O2.ClH/c1-9(2,3)7-5-6-8(10)11-4;/h5-7H2,1-4H3;1H. The zero-order chi connectivity index (χ0) is 8.91. The molecule has 0 saturated heterocycles. The number of hydrogen-bond acceptors (Lipinski definition) is 2. The predicted octanol–water partition coefficient (Wildman–Crippen LogP) is 2.80. The van der Waals surface area contributed by atoms with Crippen molar-refractivity contribution in [2.75, 3.05) is 7.11 Å². The molecule has 2 nitrogen and oxygen atoms in total. The van der Waals surface area contributed by atoms with Crippen molar-refractivity contribution in [2.45, 2.75) is 40.0 Å². The van der Waals surface area contributed by atoms with Crippen molar-refractivity contribution in [1.29, 1.82) is 0 Å². The van der Waals surface area contributed by atoms with E-state index in [1.807, 2.05) is 0 Å². The Hall–Kier alpha value is -0.240. The van der Waals surface area contributed by atoms with Gasteiger partial charge in [0, 0.05) is 6.42 Å². The van der Waals surface area contributed by atoms with Gasteiger partial charge in [-0.25, -0.2) is 0 Å². The lowest BCUT2D eigenvalue weighted by molar-refractivity contribution is -0.140. The number of hydrogen-bond donors (Lipinski definition) is 0. The first kappa shape index (κ1) is 14.3. The second kappa shape index (κ2) is 6.30. The quantitative estimate of drug-likeness (QED) is 0.646. The summed E-state index contributed by atoms with van der Waals surface area (Å²) >= 11 is 0. The molecule has 12 heavy (non-hydrogen) atoms. The van der Waals surface area contributed by atoms with E-state index < -0.39 is 0 Å². The zero-order valence-electron chi connectivity index (χ0n) is 8.35. The van der Waals surface area contributed by atoms with Gasteiger partial charge in [-0.2, -0.15) is 0 Å². The average molecular weight is 195 g/mol. The van der Waals surface area contributed by atoms with Gasteiger partial charge < -0.3 is 4.74 Å². The van der Waals surface area contributed by atoms with E-state index in [1.165, 1.54) is 7.11 Å². The van der Waals surface area contributed by atoms with Crippen LogP contribution in [0.2, 0.25) is 0 Å². The van der Waals surface area contributed by atoms with Gasteiger partial charge in [-0.15, -0.1) is 12.4 Å². The molecule has 0 rings (SSSR count). The third-order valence-corrected chi connectivity index (χ3v) is 1.54. The summed E-state index contributed by atoms with van der Waals surface area (Å²) in [6.45, 7) is 6.51. The summed E-state index contributed by atoms with van der Waals surface area (Å²) in [6, 6.07) is 0. The van der Waals surface area contributed by atoms with E-state index in [4.69, 9.17) is 0 Å². The molecule has 0 unspecified atom stereocenters. The number of carbonyl (C=O) groups excluding carboxylic acids is 1. The van der Waals surface area contributed by atoms with Crippen LogP contribution in [0.15, 0.2) is 0 Å². The summed E-state index contributed by atoms with van der Waals surface area (Å²) in [5.74, 6) is -0.103. The summed E-state index contributed by atoms with van der Waals surface area (Å²) < 4.78 is 4.53. The SMILES string of the molecule is COC(=O)CCCC(C)(C)C.Cl. The maximum absolute atomic E-state index is 10.7. The highest BCUT2D eigenvalue weighted by molar-refractivity contribution is 5.85. The second-order valence-corrected chi connectivity index (χ2v) is 3.99. The fourth-order valence-corrected chi connectivity index (χ4v) is 0.865. The molecule has 0 amide bonds. The lowest BCUT2D eigenvalue weighted by Crippen LogP contribution is -2.07. The van der Waals surface area contributed by atoms with Crippen LogP contribution in [-0.4, -0.2) is 13.1 Å². The van der Waals surface area contributed by atoms with Crippen LogP contribution in [0.5, 0.6) is 0 Å². The minimum absolute atomic E-state index is 0. The number of esters is 1. The molecule has 0 bridgehead atoms. The fourth-order valence-electron chi connectivity index (χ4n) is 0.865. The smallest absolute Gasteiger partial charge is 0.305 e. The van der Waals surface area contributed by atoms with Crippen molar-refractivity contribution in [3.63, 3.8) is 0 Å². The van der Waals surface area contributed by atoms with E-state index in [1.54, 1.807) is 0 Å². The summed E-state index contributed by atoms with van der Waals surface area (Å²) in [6.07, 6.45) is 2.55. The molecule has 0 N–H and O–H groups in total. The van der Waals surface area contributed by atoms with Crippen molar-refractivity contribution >= 4 is 18.4 Å². The van der Waals surface area contributed by atoms with Crippen molar-refractivity contribution in [1.82, 2.24) is 0 Å². The minimum atomic E-state index is -0.103. The van der Waals surface area contributed by atoms with Gasteiger partial charge in [0.05, 0.1) is 7.11 Å². The van der Waals surface area contributed by atoms with Crippen molar-refractivity contribution in [3.05, 3.63) is 0 Å². The molecule has 0 spiro atoms. The van der Waals surface area contributed by atoms with Gasteiger partial charge in [-0.05, 0) is 18.3 Å². The van der Waals surface area contributed by atoms with Crippen molar-refractivity contribution in [2.24, 2.45) is 5.41 Å². The number of ether oxygens (including phenoxy) is 1. The Bertz CT molecular complexity index is 127. The molecule has 0 radical (unpaired) electrons. The van der Waals surface area contributed by atoms with Crippen LogP contribution in [0.4, 0.5) is 0 Å². The van der Waals surface area contributed by atoms with Gasteiger partial charge in [0.25, 0.3) is 0 Å². The summed E-state index contributed by atoms with van der Waals surface area (Å²) in [5.41, 5.74) is 0.327. The largest absolute Gasteiger partial charge is 0.469 e. The van der Waals surface area contributed by atoms with Crippen LogP contribution < -0.4 is 0 Å². The first-order valence-corrected chi connectivity index (χ1v) is 4.02. The van der Waals surface area contributed by atoms with E-state index >= 15 is 0 Å². The Labute approximate surface area is 81.1 Å². The molecule has 0 fully saturated rings. The van der Waals surface area contributed by atoms with Crippen molar-refractivity contribution < 1.29 is 9.53 Å². The van der Waals surface area contributed by atoms with E-state index in [2.05, 4.69) is 25.5 Å². The highest BCUT2D eigenvalue weighted by Gasteiger charge is 2.10. The van der Waals surface area contributed by atoms with E-state index in [0.29, 0.717) is 11.8 Å². The summed E-state index contributed by atoms with van der Waals surface area (Å²) in [5, 5.41) is 0. The van der Waals surface area contributed by atoms with Crippen molar-refractivity contribution in [3.8, 4) is 0 Å². The van der Waals surface area contributed by atoms with Crippen LogP contribution in [0, 0.1) is 5.41 Å². The van der Waals surface area contributed by atoms with Crippen LogP contribution >= 0.6 is 12.4 Å². The highest BCUT2D eigenvalue weighted by atomic mass is 35.5. The van der Waals surface area contributed by atoms with Gasteiger partial charge >= 0.3 is 5.97 Å². The number of rotatable bonds is 3. The van der Waals surface area contributed by atoms with E-state index in [-0.39, 0.29) is 18.4 Å². The molecule has 0 aromatic rings. The Balaban J connectivity index is 0. The maximum Gasteiger partial charge on any atom is 0.305 e. The molecular weight excluding hydrogens is 176 g/mol. The second-order valence-electron chi connectivity index (χ2n) is 3.99. The molecule has 0 aromatic heterocycles. The molecular formula is C9H19ClO2. The molecule has 0 aromatic carbocycles. The molecule has 3 heteroatoms. The topological polar surface area (TPSA) is 26.3 Å². The number of halogens is 1. The van der Waals surface area contributed by atoms with Crippen LogP contribution in [0.1, 0.15) is 40.0 Å². The first-order chi connectivity index (χ1) is 4.95. The molecule has 0 aliphatic rings. The lowest BCUT2D eigenvalue weighted by Gasteiger charge is -2.16. The molecule has 0 atom stereocenters. The fraction of sp³-hybridized carbons (Fsp3) is 0.889. The first-order valence-electron chi connectivity index (χ1n) is 4.02. The zero-order valence-corrected chi connectivity index (χ0v) is 9.16. The van der Waals surface area contributed by atoms with Gasteiger partial charge in [0.15, 0.2) is 0 Å². The predicted molar refractivity (Wildman–Crippen MR) is 52.6 cm³/mol. The molecule has 74 valence electrons. The normalized spacial score (nSPS) is 10.3. The number of methoxy groups -OCH3 is 1. The number of carbonyl (C=O) groups is 1. The maximum atomic E-state index is 10.7. The Morgan fingerprint density at radius 3 is 2.17 bits per heavy atom. The van der Waals surface area contributed by atoms with Crippen LogP contribution in [0.25, 0.3) is 0 Å². The Morgan fingerprint density at radius 1 is 1.33 bits per heavy atom. The van der Waals surface area contributed by atoms with Gasteiger partial charge in [0.2, 0.25) is 0 Å². The van der Waals surface area contributed by atoms with Crippen LogP contribution in [-0.2, 0) is 9.53 Å². The lowest BCUT2D eigenvalue weighted by atomic mass is 9.90. The summed E-state index contributed by atoms with van der Waals surface area (Å²) in [4.78, 5) is 10.7. The Kier molecular flexibility index (Phi) is 7.50. The highest BCUT2D eigenvalue weighted by Crippen LogP contribution is 2.21. The molecule has 0 heterocycles. The van der Waals surface area contributed by atoms with E-state index in [9.17, 15) is 4.79 Å². The molecule has 0 aliphatic carbocycles. The monoisotopic (exact) mass is 194 g/mol. The van der Waals surface area contributed by atoms with Crippen LogP contribution in [0.3, 0.4) is 0 Å². The van der Waals surface area contributed by atoms with Gasteiger partial charge in [-0.3, -0.25) is 4.79 Å². The molecule has 0 aliphatic heterocycles. The average Bonchev–Trinajstić information content (AvgIpc) is 1.85. The molecule has 0 saturated carbocycles. The third kappa shape index (κ3) is 9.76. The van der Waals surface area contributed by atoms with Gasteiger partial charge in [-0.1, -0.05) is 20.8 Å².